The second-order valence-electron chi connectivity index (χ2n) is 4.77. The molecule has 0 saturated carbocycles. The minimum atomic E-state index is 0.239. The fourth-order valence-electron chi connectivity index (χ4n) is 2.05. The highest BCUT2D eigenvalue weighted by Crippen LogP contribution is 2.11. The molecular formula is C15H21N3. The summed E-state index contributed by atoms with van der Waals surface area (Å²) in [6.07, 6.45) is 5.89. The van der Waals surface area contributed by atoms with Crippen LogP contribution >= 0.6 is 0 Å². The Morgan fingerprint density at radius 2 is 2.17 bits per heavy atom. The predicted octanol–water partition coefficient (Wildman–Crippen LogP) is 2.52. The van der Waals surface area contributed by atoms with Crippen LogP contribution in [0.1, 0.15) is 30.3 Å². The quantitative estimate of drug-likeness (QED) is 0.877. The van der Waals surface area contributed by atoms with Gasteiger partial charge in [-0.1, -0.05) is 13.0 Å². The van der Waals surface area contributed by atoms with Gasteiger partial charge in [-0.05, 0) is 37.1 Å². The van der Waals surface area contributed by atoms with E-state index in [0.29, 0.717) is 0 Å². The summed E-state index contributed by atoms with van der Waals surface area (Å²) in [5.41, 5.74) is 9.67. The number of nitrogens with zero attached hydrogens (tertiary/aromatic N) is 2. The standard InChI is InChI=1S/C15H21N3/c1-3-13(16)10-14-7-5-9-18(14)11-15-12(2)6-4-8-17-15/h4-9,13H,3,10-11,16H2,1-2H3. The molecule has 2 rings (SSSR count). The van der Waals surface area contributed by atoms with E-state index in [-0.39, 0.29) is 6.04 Å². The minimum absolute atomic E-state index is 0.239. The number of rotatable bonds is 5. The fraction of sp³-hybridized carbons (Fsp3) is 0.400. The van der Waals surface area contributed by atoms with Crippen molar-refractivity contribution in [3.05, 3.63) is 53.6 Å². The maximum atomic E-state index is 6.03. The van der Waals surface area contributed by atoms with Crippen molar-refractivity contribution in [3.8, 4) is 0 Å². The number of nitrogens with two attached hydrogens (primary N) is 1. The summed E-state index contributed by atoms with van der Waals surface area (Å²) in [5, 5.41) is 0. The zero-order valence-corrected chi connectivity index (χ0v) is 11.1. The molecule has 0 aliphatic rings. The molecule has 0 aliphatic carbocycles. The molecule has 0 aromatic carbocycles. The van der Waals surface area contributed by atoms with Gasteiger partial charge in [-0.25, -0.2) is 0 Å². The van der Waals surface area contributed by atoms with Crippen LogP contribution in [0, 0.1) is 6.92 Å². The lowest BCUT2D eigenvalue weighted by atomic mass is 10.1. The average Bonchev–Trinajstić information content (AvgIpc) is 2.79. The maximum absolute atomic E-state index is 6.03. The normalized spacial score (nSPS) is 12.6. The van der Waals surface area contributed by atoms with E-state index in [1.54, 1.807) is 0 Å². The van der Waals surface area contributed by atoms with Crippen LogP contribution in [0.5, 0.6) is 0 Å². The number of aryl methyl sites for hydroxylation is 1. The van der Waals surface area contributed by atoms with Crippen LogP contribution in [0.25, 0.3) is 0 Å². The van der Waals surface area contributed by atoms with Crippen molar-refractivity contribution in [3.63, 3.8) is 0 Å². The molecule has 0 radical (unpaired) electrons. The molecule has 0 fully saturated rings. The molecule has 1 unspecified atom stereocenters. The molecule has 2 aromatic rings. The molecular weight excluding hydrogens is 222 g/mol. The monoisotopic (exact) mass is 243 g/mol. The highest BCUT2D eigenvalue weighted by molar-refractivity contribution is 5.20. The van der Waals surface area contributed by atoms with E-state index in [1.165, 1.54) is 11.3 Å². The van der Waals surface area contributed by atoms with Crippen molar-refractivity contribution in [1.82, 2.24) is 9.55 Å². The molecule has 0 spiro atoms. The summed E-state index contributed by atoms with van der Waals surface area (Å²) in [4.78, 5) is 4.44. The summed E-state index contributed by atoms with van der Waals surface area (Å²) in [7, 11) is 0. The molecule has 2 aromatic heterocycles. The van der Waals surface area contributed by atoms with Crippen molar-refractivity contribution < 1.29 is 0 Å². The average molecular weight is 243 g/mol. The number of hydrogen-bond acceptors (Lipinski definition) is 2. The number of pyridine rings is 1. The van der Waals surface area contributed by atoms with Crippen LogP contribution in [-0.2, 0) is 13.0 Å². The third kappa shape index (κ3) is 2.99. The lowest BCUT2D eigenvalue weighted by Gasteiger charge is -2.13. The van der Waals surface area contributed by atoms with E-state index in [4.69, 9.17) is 5.73 Å². The lowest BCUT2D eigenvalue weighted by molar-refractivity contribution is 0.607. The van der Waals surface area contributed by atoms with Gasteiger partial charge in [0.25, 0.3) is 0 Å². The van der Waals surface area contributed by atoms with Crippen molar-refractivity contribution in [2.24, 2.45) is 5.73 Å². The van der Waals surface area contributed by atoms with Crippen LogP contribution in [-0.4, -0.2) is 15.6 Å². The Hall–Kier alpha value is -1.61. The van der Waals surface area contributed by atoms with Gasteiger partial charge in [-0.15, -0.1) is 0 Å². The Bertz CT molecular complexity index is 502. The molecule has 2 heterocycles. The Kier molecular flexibility index (Phi) is 4.15. The summed E-state index contributed by atoms with van der Waals surface area (Å²) < 4.78 is 2.24. The molecule has 1 atom stereocenters. The minimum Gasteiger partial charge on any atom is -0.345 e. The first-order valence-electron chi connectivity index (χ1n) is 6.50. The van der Waals surface area contributed by atoms with Gasteiger partial charge in [0.05, 0.1) is 12.2 Å². The lowest BCUT2D eigenvalue weighted by Crippen LogP contribution is -2.23. The van der Waals surface area contributed by atoms with Gasteiger partial charge >= 0.3 is 0 Å². The Morgan fingerprint density at radius 3 is 2.89 bits per heavy atom. The van der Waals surface area contributed by atoms with Crippen LogP contribution in [0.15, 0.2) is 36.7 Å². The van der Waals surface area contributed by atoms with Crippen LogP contribution in [0.3, 0.4) is 0 Å². The summed E-state index contributed by atoms with van der Waals surface area (Å²) in [6, 6.07) is 8.54. The number of hydrogen-bond donors (Lipinski definition) is 1. The van der Waals surface area contributed by atoms with Crippen LogP contribution < -0.4 is 5.73 Å². The first kappa shape index (κ1) is 12.8. The van der Waals surface area contributed by atoms with E-state index in [2.05, 4.69) is 47.8 Å². The molecule has 0 aliphatic heterocycles. The molecule has 18 heavy (non-hydrogen) atoms. The van der Waals surface area contributed by atoms with Gasteiger partial charge in [0.1, 0.15) is 0 Å². The summed E-state index contributed by atoms with van der Waals surface area (Å²) in [5.74, 6) is 0. The number of aromatic nitrogens is 2. The van der Waals surface area contributed by atoms with E-state index in [0.717, 1.165) is 25.1 Å². The highest BCUT2D eigenvalue weighted by Gasteiger charge is 2.07. The van der Waals surface area contributed by atoms with Crippen LogP contribution in [0.4, 0.5) is 0 Å². The van der Waals surface area contributed by atoms with Gasteiger partial charge in [0, 0.05) is 30.6 Å². The van der Waals surface area contributed by atoms with Crippen molar-refractivity contribution >= 4 is 0 Å². The second-order valence-corrected chi connectivity index (χ2v) is 4.77. The Morgan fingerprint density at radius 1 is 1.33 bits per heavy atom. The first-order valence-corrected chi connectivity index (χ1v) is 6.50. The predicted molar refractivity (Wildman–Crippen MR) is 74.5 cm³/mol. The Labute approximate surface area is 109 Å². The topological polar surface area (TPSA) is 43.8 Å². The van der Waals surface area contributed by atoms with Gasteiger partial charge in [0.15, 0.2) is 0 Å². The molecule has 0 bridgehead atoms. The maximum Gasteiger partial charge on any atom is 0.0648 e. The highest BCUT2D eigenvalue weighted by atomic mass is 15.0. The first-order chi connectivity index (χ1) is 8.70. The van der Waals surface area contributed by atoms with Crippen molar-refractivity contribution in [2.75, 3.05) is 0 Å². The molecule has 96 valence electrons. The van der Waals surface area contributed by atoms with Gasteiger partial charge in [-0.2, -0.15) is 0 Å². The zero-order chi connectivity index (χ0) is 13.0. The molecule has 3 nitrogen and oxygen atoms in total. The molecule has 2 N–H and O–H groups in total. The van der Waals surface area contributed by atoms with E-state index in [9.17, 15) is 0 Å². The molecule has 0 saturated heterocycles. The summed E-state index contributed by atoms with van der Waals surface area (Å²) >= 11 is 0. The summed E-state index contributed by atoms with van der Waals surface area (Å²) in [6.45, 7) is 5.05. The van der Waals surface area contributed by atoms with Crippen molar-refractivity contribution in [2.45, 2.75) is 39.3 Å². The van der Waals surface area contributed by atoms with E-state index < -0.39 is 0 Å². The molecule has 0 amide bonds. The van der Waals surface area contributed by atoms with E-state index in [1.807, 2.05) is 12.3 Å². The van der Waals surface area contributed by atoms with Crippen LogP contribution in [0.2, 0.25) is 0 Å². The van der Waals surface area contributed by atoms with Crippen molar-refractivity contribution in [1.29, 1.82) is 0 Å². The van der Waals surface area contributed by atoms with Gasteiger partial charge < -0.3 is 10.3 Å². The SMILES string of the molecule is CCC(N)Cc1cccn1Cc1ncccc1C. The van der Waals surface area contributed by atoms with Gasteiger partial charge in [0.2, 0.25) is 0 Å². The largest absolute Gasteiger partial charge is 0.345 e. The smallest absolute Gasteiger partial charge is 0.0648 e. The third-order valence-corrected chi connectivity index (χ3v) is 3.36. The molecule has 3 heteroatoms. The zero-order valence-electron chi connectivity index (χ0n) is 11.1. The Balaban J connectivity index is 2.15. The second kappa shape index (κ2) is 5.83. The third-order valence-electron chi connectivity index (χ3n) is 3.36. The van der Waals surface area contributed by atoms with Gasteiger partial charge in [-0.3, -0.25) is 4.98 Å². The van der Waals surface area contributed by atoms with E-state index >= 15 is 0 Å². The fourth-order valence-corrected chi connectivity index (χ4v) is 2.05.